The zero-order valence-electron chi connectivity index (χ0n) is 22.3. The number of nitrogens with one attached hydrogen (secondary N) is 2. The Labute approximate surface area is 243 Å². The van der Waals surface area contributed by atoms with Gasteiger partial charge in [-0.15, -0.1) is 23.4 Å². The van der Waals surface area contributed by atoms with Crippen molar-refractivity contribution in [3.05, 3.63) is 83.2 Å². The van der Waals surface area contributed by atoms with Crippen LogP contribution in [0.1, 0.15) is 44.3 Å². The minimum Gasteiger partial charge on any atom is -0.406 e. The molecule has 1 atom stereocenters. The highest BCUT2D eigenvalue weighted by Gasteiger charge is 2.32. The second kappa shape index (κ2) is 13.5. The number of rotatable bonds is 12. The fourth-order valence-electron chi connectivity index (χ4n) is 3.69. The van der Waals surface area contributed by atoms with E-state index in [4.69, 9.17) is 0 Å². The molecule has 0 aliphatic heterocycles. The second-order valence-electron chi connectivity index (χ2n) is 9.15. The van der Waals surface area contributed by atoms with Crippen LogP contribution in [0, 0.1) is 0 Å². The average molecular weight is 629 g/mol. The molecule has 0 saturated heterocycles. The maximum atomic E-state index is 14.6. The lowest BCUT2D eigenvalue weighted by atomic mass is 10.2. The molecule has 0 aliphatic rings. The smallest absolute Gasteiger partial charge is 0.406 e. The fourth-order valence-corrected chi connectivity index (χ4v) is 3.69. The minimum absolute atomic E-state index is 0.00971. The Bertz CT molecular complexity index is 1590. The van der Waals surface area contributed by atoms with Gasteiger partial charge < -0.3 is 15.4 Å². The number of benzene rings is 1. The molecule has 0 aliphatic carbocycles. The lowest BCUT2D eigenvalue weighted by Gasteiger charge is -2.10. The molecule has 234 valence electrons. The van der Waals surface area contributed by atoms with Gasteiger partial charge in [0, 0.05) is 19.5 Å². The van der Waals surface area contributed by atoms with Crippen LogP contribution in [0.25, 0.3) is 0 Å². The summed E-state index contributed by atoms with van der Waals surface area (Å²) in [5, 5.41) is 19.6. The van der Waals surface area contributed by atoms with E-state index < -0.39 is 42.0 Å². The molecular weight excluding hydrogens is 607 g/mol. The van der Waals surface area contributed by atoms with Crippen molar-refractivity contribution < 1.29 is 45.1 Å². The number of alkyl halides is 7. The Morgan fingerprint density at radius 2 is 1.50 bits per heavy atom. The highest BCUT2D eigenvalue weighted by Crippen LogP contribution is 2.27. The molecule has 2 amide bonds. The first kappa shape index (κ1) is 31.8. The molecule has 4 aromatic rings. The van der Waals surface area contributed by atoms with Gasteiger partial charge in [0.25, 0.3) is 11.8 Å². The zero-order valence-corrected chi connectivity index (χ0v) is 22.3. The van der Waals surface area contributed by atoms with Crippen LogP contribution in [0.15, 0.2) is 54.9 Å². The third-order valence-electron chi connectivity index (χ3n) is 5.71. The molecule has 0 radical (unpaired) electrons. The van der Waals surface area contributed by atoms with E-state index in [9.17, 15) is 40.3 Å². The number of aryl methyl sites for hydroxylation is 1. The number of hydrogen-bond acceptors (Lipinski definition) is 8. The van der Waals surface area contributed by atoms with Gasteiger partial charge in [0.2, 0.25) is 0 Å². The first-order valence-corrected chi connectivity index (χ1v) is 12.6. The minimum atomic E-state index is -4.86. The van der Waals surface area contributed by atoms with Crippen molar-refractivity contribution in [3.8, 4) is 5.75 Å². The molecule has 2 N–H and O–H groups in total. The molecule has 4 rings (SSSR count). The predicted molar refractivity (Wildman–Crippen MR) is 134 cm³/mol. The van der Waals surface area contributed by atoms with Crippen LogP contribution in [0.2, 0.25) is 0 Å². The largest absolute Gasteiger partial charge is 0.573 e. The van der Waals surface area contributed by atoms with Gasteiger partial charge in [0.05, 0.1) is 31.2 Å². The topological polar surface area (TPSA) is 142 Å². The first-order chi connectivity index (χ1) is 20.7. The highest BCUT2D eigenvalue weighted by atomic mass is 19.4. The van der Waals surface area contributed by atoms with Crippen molar-refractivity contribution >= 4 is 11.8 Å². The number of carbonyl (C=O) groups is 2. The maximum absolute atomic E-state index is 14.6. The zero-order chi connectivity index (χ0) is 31.9. The van der Waals surface area contributed by atoms with Crippen LogP contribution >= 0.6 is 0 Å². The molecule has 0 fully saturated rings. The van der Waals surface area contributed by atoms with E-state index in [1.807, 2.05) is 0 Å². The van der Waals surface area contributed by atoms with Crippen LogP contribution < -0.4 is 15.4 Å². The van der Waals surface area contributed by atoms with E-state index in [-0.39, 0.29) is 49.7 Å². The van der Waals surface area contributed by atoms with E-state index in [2.05, 4.69) is 41.0 Å². The Hall–Kier alpha value is -5.10. The van der Waals surface area contributed by atoms with Crippen LogP contribution in [0.4, 0.5) is 30.7 Å². The summed E-state index contributed by atoms with van der Waals surface area (Å²) in [4.78, 5) is 28.1. The Morgan fingerprint density at radius 1 is 0.864 bits per heavy atom. The fraction of sp³-hybridized carbons (Fsp3) is 0.320. The molecule has 3 aromatic heterocycles. The van der Waals surface area contributed by atoms with Gasteiger partial charge in [-0.1, -0.05) is 28.6 Å². The number of carbonyl (C=O) groups excluding carboxylic acids is 2. The summed E-state index contributed by atoms with van der Waals surface area (Å²) >= 11 is 0. The number of amides is 2. The van der Waals surface area contributed by atoms with Crippen LogP contribution in [-0.2, 0) is 32.4 Å². The number of halogens is 7. The number of hydrogen-bond donors (Lipinski definition) is 2. The lowest BCUT2D eigenvalue weighted by Crippen LogP contribution is -2.24. The quantitative estimate of drug-likeness (QED) is 0.227. The average Bonchev–Trinajstić information content (AvgIpc) is 3.63. The summed E-state index contributed by atoms with van der Waals surface area (Å²) in [5.74, 6) is -1.85. The Morgan fingerprint density at radius 3 is 2.18 bits per heavy atom. The number of aromatic nitrogens is 7. The molecule has 19 heteroatoms. The third-order valence-corrected chi connectivity index (χ3v) is 5.71. The molecule has 0 bridgehead atoms. The summed E-state index contributed by atoms with van der Waals surface area (Å²) in [6, 6.07) is 8.33. The second-order valence-corrected chi connectivity index (χ2v) is 9.15. The van der Waals surface area contributed by atoms with Gasteiger partial charge in [0.1, 0.15) is 17.6 Å². The molecule has 0 spiro atoms. The normalized spacial score (nSPS) is 12.5. The van der Waals surface area contributed by atoms with E-state index in [1.54, 1.807) is 0 Å². The Kier molecular flexibility index (Phi) is 9.74. The number of nitrogens with zero attached hydrogens (tertiary/aromatic N) is 7. The molecule has 0 saturated carbocycles. The molecule has 12 nitrogen and oxygen atoms in total. The standard InChI is InChI=1S/C25H22F7N9O3/c26-16(7-8-40-13-19(36-38-40)23(43)34-11-17-4-2-6-21(35-17)24(27,28)29)12-41-14-20(37-39-41)22(42)33-10-15-3-1-5-18(9-15)44-25(30,31)32/h1-6,9,13-14,16H,7-8,10-12H2,(H,33,42)(H,34,43). The van der Waals surface area contributed by atoms with Gasteiger partial charge in [-0.2, -0.15) is 13.2 Å². The first-order valence-electron chi connectivity index (χ1n) is 12.6. The summed E-state index contributed by atoms with van der Waals surface area (Å²) < 4.78 is 96.3. The van der Waals surface area contributed by atoms with Crippen LogP contribution in [0.3, 0.4) is 0 Å². The molecule has 44 heavy (non-hydrogen) atoms. The van der Waals surface area contributed by atoms with Gasteiger partial charge in [-0.25, -0.2) is 14.1 Å². The summed E-state index contributed by atoms with van der Waals surface area (Å²) in [6.07, 6.45) is -8.61. The summed E-state index contributed by atoms with van der Waals surface area (Å²) in [6.45, 7) is -0.685. The van der Waals surface area contributed by atoms with Gasteiger partial charge in [0.15, 0.2) is 11.4 Å². The summed E-state index contributed by atoms with van der Waals surface area (Å²) in [7, 11) is 0. The lowest BCUT2D eigenvalue weighted by molar-refractivity contribution is -0.274. The van der Waals surface area contributed by atoms with E-state index in [1.165, 1.54) is 41.3 Å². The van der Waals surface area contributed by atoms with Crippen LogP contribution in [-0.4, -0.2) is 59.3 Å². The van der Waals surface area contributed by atoms with E-state index >= 15 is 0 Å². The number of pyridine rings is 1. The predicted octanol–water partition coefficient (Wildman–Crippen LogP) is 3.47. The SMILES string of the molecule is O=C(NCc1cccc(C(F)(F)F)n1)c1cn(CCC(F)Cn2cc(C(=O)NCc3cccc(OC(F)(F)F)c3)nn2)nn1. The number of ether oxygens (including phenoxy) is 1. The molecular formula is C25H22F7N9O3. The van der Waals surface area contributed by atoms with Crippen molar-refractivity contribution in [1.82, 2.24) is 45.6 Å². The van der Waals surface area contributed by atoms with Crippen molar-refractivity contribution in [1.29, 1.82) is 0 Å². The monoisotopic (exact) mass is 629 g/mol. The summed E-state index contributed by atoms with van der Waals surface area (Å²) in [5.41, 5.74) is -1.06. The van der Waals surface area contributed by atoms with Gasteiger partial charge >= 0.3 is 12.5 Å². The van der Waals surface area contributed by atoms with Crippen molar-refractivity contribution in [2.45, 2.75) is 51.3 Å². The molecule has 1 aromatic carbocycles. The third kappa shape index (κ3) is 9.46. The van der Waals surface area contributed by atoms with Crippen molar-refractivity contribution in [3.63, 3.8) is 0 Å². The maximum Gasteiger partial charge on any atom is 0.573 e. The highest BCUT2D eigenvalue weighted by molar-refractivity contribution is 5.92. The molecule has 3 heterocycles. The van der Waals surface area contributed by atoms with Crippen LogP contribution in [0.5, 0.6) is 5.75 Å². The molecule has 1 unspecified atom stereocenters. The van der Waals surface area contributed by atoms with E-state index in [0.717, 1.165) is 22.9 Å². The van der Waals surface area contributed by atoms with Crippen molar-refractivity contribution in [2.24, 2.45) is 0 Å². The Balaban J connectivity index is 1.21. The van der Waals surface area contributed by atoms with Gasteiger partial charge in [-0.05, 0) is 29.8 Å². The van der Waals surface area contributed by atoms with Crippen molar-refractivity contribution in [2.75, 3.05) is 0 Å². The van der Waals surface area contributed by atoms with E-state index in [0.29, 0.717) is 5.56 Å². The van der Waals surface area contributed by atoms with Gasteiger partial charge in [-0.3, -0.25) is 14.3 Å².